The number of rotatable bonds is 6. The van der Waals surface area contributed by atoms with Gasteiger partial charge in [0, 0.05) is 0 Å². The van der Waals surface area contributed by atoms with Gasteiger partial charge in [-0.2, -0.15) is 0 Å². The lowest BCUT2D eigenvalue weighted by atomic mass is 9.63. The van der Waals surface area contributed by atoms with Crippen LogP contribution in [0.25, 0.3) is 0 Å². The Hall–Kier alpha value is -0.0400. The van der Waals surface area contributed by atoms with Crippen LogP contribution in [0.1, 0.15) is 72.6 Å². The Morgan fingerprint density at radius 2 is 1.83 bits per heavy atom. The summed E-state index contributed by atoms with van der Waals surface area (Å²) in [5, 5.41) is 0. The van der Waals surface area contributed by atoms with Crippen LogP contribution in [0.15, 0.2) is 0 Å². The molecule has 3 unspecified atom stereocenters. The summed E-state index contributed by atoms with van der Waals surface area (Å²) in [5.41, 5.74) is 0.615. The maximum atomic E-state index is 5.38. The van der Waals surface area contributed by atoms with Crippen LogP contribution in [0.3, 0.4) is 0 Å². The Bertz CT molecular complexity index is 248. The molecule has 2 aliphatic rings. The van der Waals surface area contributed by atoms with E-state index < -0.39 is 0 Å². The number of hydrogen-bond donors (Lipinski definition) is 0. The van der Waals surface area contributed by atoms with Crippen LogP contribution in [0.5, 0.6) is 0 Å². The standard InChI is InChI=1S/C17H32O/c1-5-13(2)10-14(3)17(4)8-6-15(7-9-17)11-16-12-18-16/h13-16H,5-12H2,1-4H3. The van der Waals surface area contributed by atoms with Gasteiger partial charge in [-0.25, -0.2) is 0 Å². The Morgan fingerprint density at radius 1 is 1.22 bits per heavy atom. The summed E-state index contributed by atoms with van der Waals surface area (Å²) in [7, 11) is 0. The molecule has 0 spiro atoms. The fourth-order valence-corrected chi connectivity index (χ4v) is 3.70. The quantitative estimate of drug-likeness (QED) is 0.603. The highest BCUT2D eigenvalue weighted by Crippen LogP contribution is 2.47. The molecule has 2 rings (SSSR count). The molecule has 3 atom stereocenters. The molecule has 106 valence electrons. The summed E-state index contributed by atoms with van der Waals surface area (Å²) >= 11 is 0. The zero-order chi connectivity index (χ0) is 13.2. The normalized spacial score (nSPS) is 39.3. The minimum absolute atomic E-state index is 0.615. The summed E-state index contributed by atoms with van der Waals surface area (Å²) in [6, 6.07) is 0. The first-order chi connectivity index (χ1) is 8.53. The molecular weight excluding hydrogens is 220 g/mol. The van der Waals surface area contributed by atoms with E-state index in [1.165, 1.54) is 44.9 Å². The van der Waals surface area contributed by atoms with Crippen LogP contribution in [0, 0.1) is 23.2 Å². The van der Waals surface area contributed by atoms with Gasteiger partial charge in [0.15, 0.2) is 0 Å². The van der Waals surface area contributed by atoms with Crippen molar-refractivity contribution >= 4 is 0 Å². The monoisotopic (exact) mass is 252 g/mol. The molecule has 0 aromatic heterocycles. The maximum Gasteiger partial charge on any atom is 0.0812 e. The highest BCUT2D eigenvalue weighted by molar-refractivity contribution is 4.88. The van der Waals surface area contributed by atoms with Gasteiger partial charge in [-0.1, -0.05) is 34.1 Å². The summed E-state index contributed by atoms with van der Waals surface area (Å²) in [6.07, 6.45) is 10.5. The third-order valence-corrected chi connectivity index (χ3v) is 5.89. The van der Waals surface area contributed by atoms with Gasteiger partial charge in [-0.3, -0.25) is 0 Å². The second-order valence-corrected chi connectivity index (χ2v) is 7.44. The molecule has 0 aromatic carbocycles. The summed E-state index contributed by atoms with van der Waals surface area (Å²) in [4.78, 5) is 0. The van der Waals surface area contributed by atoms with Gasteiger partial charge in [0.1, 0.15) is 0 Å². The van der Waals surface area contributed by atoms with Crippen LogP contribution in [0.4, 0.5) is 0 Å². The van der Waals surface area contributed by atoms with Gasteiger partial charge in [-0.05, 0) is 61.7 Å². The van der Waals surface area contributed by atoms with Crippen molar-refractivity contribution in [2.75, 3.05) is 6.61 Å². The third kappa shape index (κ3) is 3.73. The lowest BCUT2D eigenvalue weighted by Gasteiger charge is -2.42. The molecule has 0 bridgehead atoms. The predicted molar refractivity (Wildman–Crippen MR) is 77.7 cm³/mol. The fraction of sp³-hybridized carbons (Fsp3) is 1.00. The lowest BCUT2D eigenvalue weighted by molar-refractivity contribution is 0.0821. The molecule has 1 aliphatic carbocycles. The van der Waals surface area contributed by atoms with Gasteiger partial charge in [-0.15, -0.1) is 0 Å². The number of hydrogen-bond acceptors (Lipinski definition) is 1. The van der Waals surface area contributed by atoms with Crippen molar-refractivity contribution in [3.63, 3.8) is 0 Å². The van der Waals surface area contributed by atoms with E-state index in [-0.39, 0.29) is 0 Å². The Morgan fingerprint density at radius 3 is 2.33 bits per heavy atom. The van der Waals surface area contributed by atoms with Crippen molar-refractivity contribution in [2.24, 2.45) is 23.2 Å². The zero-order valence-electron chi connectivity index (χ0n) is 12.9. The van der Waals surface area contributed by atoms with E-state index in [0.29, 0.717) is 11.5 Å². The molecule has 1 saturated carbocycles. The van der Waals surface area contributed by atoms with Gasteiger partial charge in [0.05, 0.1) is 12.7 Å². The molecule has 1 heterocycles. The topological polar surface area (TPSA) is 12.5 Å². The Kier molecular flexibility index (Phi) is 4.75. The van der Waals surface area contributed by atoms with Crippen LogP contribution < -0.4 is 0 Å². The molecule has 2 fully saturated rings. The summed E-state index contributed by atoms with van der Waals surface area (Å²) in [6.45, 7) is 10.8. The van der Waals surface area contributed by atoms with E-state index in [0.717, 1.165) is 24.4 Å². The van der Waals surface area contributed by atoms with E-state index in [9.17, 15) is 0 Å². The molecule has 18 heavy (non-hydrogen) atoms. The average molecular weight is 252 g/mol. The predicted octanol–water partition coefficient (Wildman–Crippen LogP) is 5.04. The summed E-state index contributed by atoms with van der Waals surface area (Å²) in [5.74, 6) is 2.75. The molecule has 0 amide bonds. The second-order valence-electron chi connectivity index (χ2n) is 7.44. The van der Waals surface area contributed by atoms with Crippen molar-refractivity contribution < 1.29 is 4.74 Å². The van der Waals surface area contributed by atoms with E-state index in [1.807, 2.05) is 0 Å². The van der Waals surface area contributed by atoms with Crippen molar-refractivity contribution in [1.29, 1.82) is 0 Å². The van der Waals surface area contributed by atoms with E-state index in [4.69, 9.17) is 4.74 Å². The van der Waals surface area contributed by atoms with E-state index in [2.05, 4.69) is 27.7 Å². The average Bonchev–Trinajstić information content (AvgIpc) is 3.16. The highest BCUT2D eigenvalue weighted by Gasteiger charge is 2.37. The van der Waals surface area contributed by atoms with Crippen LogP contribution in [0.2, 0.25) is 0 Å². The van der Waals surface area contributed by atoms with Crippen molar-refractivity contribution in [1.82, 2.24) is 0 Å². The van der Waals surface area contributed by atoms with Crippen molar-refractivity contribution in [3.05, 3.63) is 0 Å². The molecule has 1 aliphatic heterocycles. The highest BCUT2D eigenvalue weighted by atomic mass is 16.6. The minimum atomic E-state index is 0.615. The molecular formula is C17H32O. The SMILES string of the molecule is CCC(C)CC(C)C1(C)CCC(CC2CO2)CC1. The molecule has 1 heteroatoms. The molecule has 0 N–H and O–H groups in total. The van der Waals surface area contributed by atoms with Gasteiger partial charge >= 0.3 is 0 Å². The molecule has 1 nitrogen and oxygen atoms in total. The first-order valence-corrected chi connectivity index (χ1v) is 8.15. The first kappa shape index (κ1) is 14.4. The van der Waals surface area contributed by atoms with Crippen LogP contribution in [-0.2, 0) is 4.74 Å². The maximum absolute atomic E-state index is 5.38. The molecule has 0 aromatic rings. The second kappa shape index (κ2) is 5.94. The van der Waals surface area contributed by atoms with E-state index in [1.54, 1.807) is 0 Å². The van der Waals surface area contributed by atoms with Gasteiger partial charge < -0.3 is 4.74 Å². The number of ether oxygens (including phenoxy) is 1. The molecule has 1 saturated heterocycles. The third-order valence-electron chi connectivity index (χ3n) is 5.89. The van der Waals surface area contributed by atoms with E-state index >= 15 is 0 Å². The largest absolute Gasteiger partial charge is 0.373 e. The fourth-order valence-electron chi connectivity index (χ4n) is 3.70. The summed E-state index contributed by atoms with van der Waals surface area (Å²) < 4.78 is 5.38. The Labute approximate surface area is 114 Å². The van der Waals surface area contributed by atoms with Crippen molar-refractivity contribution in [2.45, 2.75) is 78.7 Å². The van der Waals surface area contributed by atoms with Crippen LogP contribution >= 0.6 is 0 Å². The van der Waals surface area contributed by atoms with Crippen LogP contribution in [-0.4, -0.2) is 12.7 Å². The lowest BCUT2D eigenvalue weighted by Crippen LogP contribution is -2.32. The molecule has 0 radical (unpaired) electrons. The van der Waals surface area contributed by atoms with Gasteiger partial charge in [0.25, 0.3) is 0 Å². The minimum Gasteiger partial charge on any atom is -0.373 e. The van der Waals surface area contributed by atoms with Gasteiger partial charge in [0.2, 0.25) is 0 Å². The first-order valence-electron chi connectivity index (χ1n) is 8.15. The van der Waals surface area contributed by atoms with Crippen molar-refractivity contribution in [3.8, 4) is 0 Å². The smallest absolute Gasteiger partial charge is 0.0812 e. The number of epoxide rings is 1. The zero-order valence-corrected chi connectivity index (χ0v) is 12.9. The Balaban J connectivity index is 1.77.